The molecule has 0 bridgehead atoms. The van der Waals surface area contributed by atoms with E-state index in [1.54, 1.807) is 10.2 Å². The van der Waals surface area contributed by atoms with Crippen LogP contribution in [0.25, 0.3) is 0 Å². The Labute approximate surface area is 181 Å². The summed E-state index contributed by atoms with van der Waals surface area (Å²) in [5, 5.41) is 7.75. The fourth-order valence-corrected chi connectivity index (χ4v) is 4.01. The lowest BCUT2D eigenvalue weighted by molar-refractivity contribution is 0.0344. The average Bonchev–Trinajstić information content (AvgIpc) is 3.35. The highest BCUT2D eigenvalue weighted by Gasteiger charge is 2.29. The number of aromatic nitrogens is 3. The Morgan fingerprint density at radius 1 is 1.37 bits per heavy atom. The molecule has 30 heavy (non-hydrogen) atoms. The number of amides is 1. The number of thiazole rings is 1. The van der Waals surface area contributed by atoms with Crippen LogP contribution in [0.5, 0.6) is 0 Å². The fraction of sp³-hybridized carbons (Fsp3) is 0.619. The summed E-state index contributed by atoms with van der Waals surface area (Å²) >= 11 is 1.26. The lowest BCUT2D eigenvalue weighted by Gasteiger charge is -2.23. The maximum atomic E-state index is 12.9. The lowest BCUT2D eigenvalue weighted by Crippen LogP contribution is -2.28. The number of hydrogen-bond acceptors (Lipinski definition) is 7. The Balaban J connectivity index is 1.78. The summed E-state index contributed by atoms with van der Waals surface area (Å²) in [6, 6.07) is 0. The van der Waals surface area contributed by atoms with Gasteiger partial charge in [-0.1, -0.05) is 13.8 Å². The molecule has 1 aliphatic heterocycles. The van der Waals surface area contributed by atoms with Crippen LogP contribution in [0.15, 0.2) is 11.7 Å². The second-order valence-electron chi connectivity index (χ2n) is 8.20. The van der Waals surface area contributed by atoms with Crippen molar-refractivity contribution in [3.8, 4) is 0 Å². The molecule has 2 aromatic rings. The first-order chi connectivity index (χ1) is 14.4. The van der Waals surface area contributed by atoms with Crippen LogP contribution in [0.2, 0.25) is 0 Å². The quantitative estimate of drug-likeness (QED) is 0.703. The van der Waals surface area contributed by atoms with Crippen molar-refractivity contribution in [2.45, 2.75) is 53.0 Å². The van der Waals surface area contributed by atoms with Crippen LogP contribution in [-0.2, 0) is 28.9 Å². The summed E-state index contributed by atoms with van der Waals surface area (Å²) in [4.78, 5) is 29.4. The first-order valence-electron chi connectivity index (χ1n) is 10.4. The van der Waals surface area contributed by atoms with Crippen molar-refractivity contribution in [1.29, 1.82) is 0 Å². The number of esters is 1. The van der Waals surface area contributed by atoms with Crippen molar-refractivity contribution in [2.75, 3.05) is 26.4 Å². The highest BCUT2D eigenvalue weighted by Crippen LogP contribution is 2.27. The van der Waals surface area contributed by atoms with E-state index in [0.29, 0.717) is 43.3 Å². The first kappa shape index (κ1) is 22.4. The SMILES string of the molecule is CCn1nc(CC(C)(C)COC(=O)c2cncs2)c2c1C(=O)NCCCOCCC2. The van der Waals surface area contributed by atoms with E-state index in [9.17, 15) is 9.59 Å². The van der Waals surface area contributed by atoms with Gasteiger partial charge in [0.15, 0.2) is 0 Å². The molecule has 0 aromatic carbocycles. The van der Waals surface area contributed by atoms with E-state index in [-0.39, 0.29) is 23.9 Å². The molecule has 0 radical (unpaired) electrons. The van der Waals surface area contributed by atoms with Crippen LogP contribution in [0.4, 0.5) is 0 Å². The highest BCUT2D eigenvalue weighted by molar-refractivity contribution is 7.11. The third-order valence-electron chi connectivity index (χ3n) is 4.99. The molecule has 0 spiro atoms. The Morgan fingerprint density at radius 3 is 2.90 bits per heavy atom. The van der Waals surface area contributed by atoms with Gasteiger partial charge in [0, 0.05) is 43.7 Å². The summed E-state index contributed by atoms with van der Waals surface area (Å²) in [5.41, 5.74) is 3.78. The predicted octanol–water partition coefficient (Wildman–Crippen LogP) is 2.87. The molecule has 3 rings (SSSR count). The molecule has 1 N–H and O–H groups in total. The number of hydrogen-bond donors (Lipinski definition) is 1. The predicted molar refractivity (Wildman–Crippen MR) is 114 cm³/mol. The van der Waals surface area contributed by atoms with Gasteiger partial charge in [0.25, 0.3) is 5.91 Å². The van der Waals surface area contributed by atoms with Crippen molar-refractivity contribution in [1.82, 2.24) is 20.1 Å². The van der Waals surface area contributed by atoms with Crippen molar-refractivity contribution in [3.05, 3.63) is 33.5 Å². The van der Waals surface area contributed by atoms with E-state index in [0.717, 1.165) is 30.5 Å². The van der Waals surface area contributed by atoms with Gasteiger partial charge in [0.05, 0.1) is 24.0 Å². The van der Waals surface area contributed by atoms with E-state index in [1.165, 1.54) is 17.5 Å². The van der Waals surface area contributed by atoms with Gasteiger partial charge in [-0.25, -0.2) is 4.79 Å². The van der Waals surface area contributed by atoms with E-state index in [1.807, 2.05) is 20.8 Å². The zero-order chi connectivity index (χ0) is 21.6. The molecule has 9 heteroatoms. The molecular weight excluding hydrogens is 404 g/mol. The van der Waals surface area contributed by atoms with Gasteiger partial charge in [-0.15, -0.1) is 11.3 Å². The Kier molecular flexibility index (Phi) is 7.60. The van der Waals surface area contributed by atoms with Crippen molar-refractivity contribution in [2.24, 2.45) is 5.41 Å². The number of fused-ring (bicyclic) bond motifs is 1. The molecule has 0 saturated heterocycles. The molecule has 2 aromatic heterocycles. The largest absolute Gasteiger partial charge is 0.461 e. The van der Waals surface area contributed by atoms with Crippen LogP contribution in [-0.4, -0.2) is 53.0 Å². The Hall–Kier alpha value is -2.26. The van der Waals surface area contributed by atoms with E-state index in [4.69, 9.17) is 14.6 Å². The molecule has 0 aliphatic carbocycles. The summed E-state index contributed by atoms with van der Waals surface area (Å²) in [6.07, 6.45) is 4.48. The van der Waals surface area contributed by atoms with Gasteiger partial charge >= 0.3 is 5.97 Å². The maximum absolute atomic E-state index is 12.9. The fourth-order valence-electron chi connectivity index (χ4n) is 3.50. The van der Waals surface area contributed by atoms with Gasteiger partial charge in [0.2, 0.25) is 0 Å². The maximum Gasteiger partial charge on any atom is 0.349 e. The van der Waals surface area contributed by atoms with Gasteiger partial charge in [0.1, 0.15) is 10.6 Å². The number of nitrogens with zero attached hydrogens (tertiary/aromatic N) is 3. The van der Waals surface area contributed by atoms with Gasteiger partial charge in [-0.2, -0.15) is 5.10 Å². The Morgan fingerprint density at radius 2 is 2.17 bits per heavy atom. The van der Waals surface area contributed by atoms with Gasteiger partial charge in [-0.05, 0) is 26.2 Å². The molecule has 0 unspecified atom stereocenters. The topological polar surface area (TPSA) is 95.3 Å². The minimum absolute atomic E-state index is 0.0815. The molecule has 0 fully saturated rings. The standard InChI is InChI=1S/C21H30N4O4S/c1-4-25-18-15(7-5-9-28-10-6-8-23-19(18)26)16(24-25)11-21(2,3)13-29-20(27)17-12-22-14-30-17/h12,14H,4-11,13H2,1-3H3,(H,23,26). The summed E-state index contributed by atoms with van der Waals surface area (Å²) in [5.74, 6) is -0.442. The molecular formula is C21H30N4O4S. The number of aryl methyl sites for hydroxylation is 1. The third-order valence-corrected chi connectivity index (χ3v) is 5.74. The normalized spacial score (nSPS) is 15.8. The van der Waals surface area contributed by atoms with E-state index in [2.05, 4.69) is 10.3 Å². The number of rotatable bonds is 6. The van der Waals surface area contributed by atoms with Gasteiger partial charge < -0.3 is 14.8 Å². The second kappa shape index (κ2) is 10.2. The van der Waals surface area contributed by atoms with Crippen molar-refractivity contribution >= 4 is 23.2 Å². The molecule has 0 atom stereocenters. The van der Waals surface area contributed by atoms with Crippen molar-refractivity contribution in [3.63, 3.8) is 0 Å². The summed E-state index contributed by atoms with van der Waals surface area (Å²) < 4.78 is 13.0. The third kappa shape index (κ3) is 5.66. The summed E-state index contributed by atoms with van der Waals surface area (Å²) in [6.45, 7) is 8.85. The Bertz CT molecular complexity index is 861. The van der Waals surface area contributed by atoms with Crippen LogP contribution in [0.3, 0.4) is 0 Å². The molecule has 1 aliphatic rings. The lowest BCUT2D eigenvalue weighted by atomic mass is 9.86. The zero-order valence-electron chi connectivity index (χ0n) is 17.9. The van der Waals surface area contributed by atoms with E-state index >= 15 is 0 Å². The number of nitrogens with one attached hydrogen (secondary N) is 1. The number of carbonyl (C=O) groups excluding carboxylic acids is 2. The molecule has 3 heterocycles. The minimum Gasteiger partial charge on any atom is -0.461 e. The highest BCUT2D eigenvalue weighted by atomic mass is 32.1. The molecule has 0 saturated carbocycles. The first-order valence-corrected chi connectivity index (χ1v) is 11.3. The second-order valence-corrected chi connectivity index (χ2v) is 9.08. The number of carbonyl (C=O) groups is 2. The van der Waals surface area contributed by atoms with Crippen molar-refractivity contribution < 1.29 is 19.1 Å². The molecule has 1 amide bonds. The van der Waals surface area contributed by atoms with Crippen LogP contribution >= 0.6 is 11.3 Å². The summed E-state index contributed by atoms with van der Waals surface area (Å²) in [7, 11) is 0. The van der Waals surface area contributed by atoms with Gasteiger partial charge in [-0.3, -0.25) is 14.5 Å². The average molecular weight is 435 g/mol. The number of ether oxygens (including phenoxy) is 2. The zero-order valence-corrected chi connectivity index (χ0v) is 18.7. The minimum atomic E-state index is -0.361. The monoisotopic (exact) mass is 434 g/mol. The van der Waals surface area contributed by atoms with Crippen LogP contribution < -0.4 is 5.32 Å². The smallest absolute Gasteiger partial charge is 0.349 e. The van der Waals surface area contributed by atoms with Crippen LogP contribution in [0, 0.1) is 5.41 Å². The van der Waals surface area contributed by atoms with E-state index < -0.39 is 0 Å². The van der Waals surface area contributed by atoms with Crippen LogP contribution in [0.1, 0.15) is 65.0 Å². The molecule has 164 valence electrons. The molecule has 8 nitrogen and oxygen atoms in total.